The van der Waals surface area contributed by atoms with Crippen LogP contribution in [-0.2, 0) is 6.54 Å². The van der Waals surface area contributed by atoms with Gasteiger partial charge >= 0.3 is 0 Å². The number of fused-ring (bicyclic) bond motifs is 1. The molecule has 116 valence electrons. The van der Waals surface area contributed by atoms with Gasteiger partial charge in [0.25, 0.3) is 5.91 Å². The Labute approximate surface area is 130 Å². The molecule has 3 N–H and O–H groups in total. The van der Waals surface area contributed by atoms with Gasteiger partial charge in [-0.1, -0.05) is 0 Å². The first-order valence-corrected chi connectivity index (χ1v) is 8.55. The lowest BCUT2D eigenvalue weighted by Crippen LogP contribution is -2.36. The van der Waals surface area contributed by atoms with Crippen molar-refractivity contribution in [2.45, 2.75) is 38.8 Å². The zero-order chi connectivity index (χ0) is 14.8. The van der Waals surface area contributed by atoms with E-state index in [0.717, 1.165) is 25.7 Å². The summed E-state index contributed by atoms with van der Waals surface area (Å²) in [6.07, 6.45) is 3.92. The van der Waals surface area contributed by atoms with Gasteiger partial charge in [-0.15, -0.1) is 11.3 Å². The van der Waals surface area contributed by atoms with E-state index in [0.29, 0.717) is 4.88 Å². The van der Waals surface area contributed by atoms with E-state index in [2.05, 4.69) is 22.1 Å². The van der Waals surface area contributed by atoms with Crippen LogP contribution in [0.3, 0.4) is 0 Å². The summed E-state index contributed by atoms with van der Waals surface area (Å²) < 4.78 is 0. The third-order valence-electron chi connectivity index (χ3n) is 4.66. The molecule has 21 heavy (non-hydrogen) atoms. The summed E-state index contributed by atoms with van der Waals surface area (Å²) in [5, 5.41) is 0. The summed E-state index contributed by atoms with van der Waals surface area (Å²) in [7, 11) is 0. The molecule has 5 nitrogen and oxygen atoms in total. The van der Waals surface area contributed by atoms with E-state index in [1.165, 1.54) is 54.1 Å². The number of carbonyl (C=O) groups excluding carboxylic acids is 1. The molecule has 2 aliphatic heterocycles. The standard InChI is InChI=1S/C15H24N4OS/c1-11-12(8-14(21-11)15(20)17-16)9-18-5-3-7-19-6-2-4-13(19)10-18/h8,13H,2-7,9-10,16H2,1H3,(H,17,20). The highest BCUT2D eigenvalue weighted by Gasteiger charge is 2.28. The van der Waals surface area contributed by atoms with Crippen LogP contribution in [0.25, 0.3) is 0 Å². The number of nitrogens with one attached hydrogen (secondary N) is 1. The van der Waals surface area contributed by atoms with E-state index >= 15 is 0 Å². The molecule has 3 heterocycles. The quantitative estimate of drug-likeness (QED) is 0.502. The number of hydrogen-bond donors (Lipinski definition) is 2. The number of nitrogens with zero attached hydrogens (tertiary/aromatic N) is 2. The maximum Gasteiger partial charge on any atom is 0.275 e. The Morgan fingerprint density at radius 1 is 1.43 bits per heavy atom. The minimum Gasteiger partial charge on any atom is -0.299 e. The van der Waals surface area contributed by atoms with Gasteiger partial charge in [0.05, 0.1) is 4.88 Å². The maximum atomic E-state index is 11.6. The largest absolute Gasteiger partial charge is 0.299 e. The summed E-state index contributed by atoms with van der Waals surface area (Å²) in [6.45, 7) is 7.87. The van der Waals surface area contributed by atoms with Crippen molar-refractivity contribution >= 4 is 17.2 Å². The van der Waals surface area contributed by atoms with E-state index in [1.54, 1.807) is 0 Å². The van der Waals surface area contributed by atoms with Crippen molar-refractivity contribution in [3.05, 3.63) is 21.4 Å². The number of nitrogen functional groups attached to an aromatic ring is 1. The lowest BCUT2D eigenvalue weighted by molar-refractivity contribution is 0.0957. The molecule has 0 saturated carbocycles. The Morgan fingerprint density at radius 2 is 2.24 bits per heavy atom. The van der Waals surface area contributed by atoms with Gasteiger partial charge in [-0.2, -0.15) is 0 Å². The molecule has 1 aromatic rings. The Hall–Kier alpha value is -0.950. The van der Waals surface area contributed by atoms with Gasteiger partial charge in [-0.25, -0.2) is 5.84 Å². The van der Waals surface area contributed by atoms with E-state index in [1.807, 2.05) is 6.07 Å². The molecule has 2 aliphatic rings. The lowest BCUT2D eigenvalue weighted by Gasteiger charge is -2.25. The maximum absolute atomic E-state index is 11.6. The zero-order valence-corrected chi connectivity index (χ0v) is 13.4. The predicted octanol–water partition coefficient (Wildman–Crippen LogP) is 1.33. The van der Waals surface area contributed by atoms with Crippen molar-refractivity contribution in [3.63, 3.8) is 0 Å². The Kier molecular flexibility index (Phi) is 4.59. The minimum absolute atomic E-state index is 0.188. The minimum atomic E-state index is -0.188. The van der Waals surface area contributed by atoms with E-state index in [4.69, 9.17) is 5.84 Å². The van der Waals surface area contributed by atoms with Crippen molar-refractivity contribution < 1.29 is 4.79 Å². The van der Waals surface area contributed by atoms with Crippen molar-refractivity contribution in [1.82, 2.24) is 15.2 Å². The number of aryl methyl sites for hydroxylation is 1. The summed E-state index contributed by atoms with van der Waals surface area (Å²) in [4.78, 5) is 18.8. The van der Waals surface area contributed by atoms with E-state index < -0.39 is 0 Å². The Bertz CT molecular complexity index is 516. The second-order valence-electron chi connectivity index (χ2n) is 6.09. The van der Waals surface area contributed by atoms with Gasteiger partial charge in [0.2, 0.25) is 0 Å². The number of thiophene rings is 1. The molecule has 0 aromatic carbocycles. The predicted molar refractivity (Wildman–Crippen MR) is 85.2 cm³/mol. The van der Waals surface area contributed by atoms with Crippen LogP contribution in [0.15, 0.2) is 6.07 Å². The van der Waals surface area contributed by atoms with Crippen LogP contribution in [-0.4, -0.2) is 47.9 Å². The number of rotatable bonds is 3. The number of carbonyl (C=O) groups is 1. The molecule has 0 aliphatic carbocycles. The lowest BCUT2D eigenvalue weighted by atomic mass is 10.2. The molecule has 3 rings (SSSR count). The topological polar surface area (TPSA) is 61.6 Å². The van der Waals surface area contributed by atoms with Gasteiger partial charge in [-0.3, -0.25) is 20.0 Å². The molecule has 2 saturated heterocycles. The first kappa shape index (κ1) is 15.0. The fraction of sp³-hybridized carbons (Fsp3) is 0.667. The molecular formula is C15H24N4OS. The monoisotopic (exact) mass is 308 g/mol. The molecule has 2 fully saturated rings. The fourth-order valence-corrected chi connectivity index (χ4v) is 4.46. The second-order valence-corrected chi connectivity index (χ2v) is 7.34. The van der Waals surface area contributed by atoms with Crippen LogP contribution in [0.2, 0.25) is 0 Å². The Balaban J connectivity index is 1.68. The average molecular weight is 308 g/mol. The van der Waals surface area contributed by atoms with Gasteiger partial charge in [0.15, 0.2) is 0 Å². The molecule has 0 radical (unpaired) electrons. The van der Waals surface area contributed by atoms with E-state index in [9.17, 15) is 4.79 Å². The van der Waals surface area contributed by atoms with Crippen LogP contribution >= 0.6 is 11.3 Å². The molecular weight excluding hydrogens is 284 g/mol. The number of hydrazine groups is 1. The van der Waals surface area contributed by atoms with Crippen LogP contribution in [0.4, 0.5) is 0 Å². The molecule has 1 atom stereocenters. The number of nitrogens with two attached hydrogens (primary N) is 1. The van der Waals surface area contributed by atoms with E-state index in [-0.39, 0.29) is 5.91 Å². The number of amides is 1. The molecule has 6 heteroatoms. The first-order chi connectivity index (χ1) is 10.2. The smallest absolute Gasteiger partial charge is 0.275 e. The zero-order valence-electron chi connectivity index (χ0n) is 12.6. The van der Waals surface area contributed by atoms with Gasteiger partial charge in [-0.05, 0) is 57.5 Å². The van der Waals surface area contributed by atoms with Crippen molar-refractivity contribution in [3.8, 4) is 0 Å². The van der Waals surface area contributed by atoms with Crippen molar-refractivity contribution in [2.24, 2.45) is 5.84 Å². The van der Waals surface area contributed by atoms with Crippen LogP contribution in [0.5, 0.6) is 0 Å². The summed E-state index contributed by atoms with van der Waals surface area (Å²) in [5.74, 6) is 5.03. The normalized spacial score (nSPS) is 23.8. The first-order valence-electron chi connectivity index (χ1n) is 7.74. The summed E-state index contributed by atoms with van der Waals surface area (Å²) in [6, 6.07) is 2.73. The fourth-order valence-electron chi connectivity index (χ4n) is 3.53. The van der Waals surface area contributed by atoms with Crippen LogP contribution in [0, 0.1) is 6.92 Å². The highest BCUT2D eigenvalue weighted by Crippen LogP contribution is 2.26. The Morgan fingerprint density at radius 3 is 3.05 bits per heavy atom. The van der Waals surface area contributed by atoms with Crippen LogP contribution in [0.1, 0.15) is 39.4 Å². The second kappa shape index (κ2) is 6.44. The molecule has 0 bridgehead atoms. The summed E-state index contributed by atoms with van der Waals surface area (Å²) in [5.41, 5.74) is 3.49. The van der Waals surface area contributed by atoms with Gasteiger partial charge in [0.1, 0.15) is 0 Å². The SMILES string of the molecule is Cc1sc(C(=O)NN)cc1CN1CCCN2CCCC2C1. The third kappa shape index (κ3) is 3.29. The van der Waals surface area contributed by atoms with Crippen molar-refractivity contribution in [2.75, 3.05) is 26.2 Å². The number of hydrogen-bond acceptors (Lipinski definition) is 5. The molecule has 1 aromatic heterocycles. The van der Waals surface area contributed by atoms with Gasteiger partial charge in [0, 0.05) is 24.0 Å². The molecule has 1 unspecified atom stereocenters. The average Bonchev–Trinajstić information content (AvgIpc) is 3.01. The molecule has 1 amide bonds. The summed E-state index contributed by atoms with van der Waals surface area (Å²) >= 11 is 1.53. The highest BCUT2D eigenvalue weighted by molar-refractivity contribution is 7.14. The van der Waals surface area contributed by atoms with Crippen LogP contribution < -0.4 is 11.3 Å². The molecule has 0 spiro atoms. The van der Waals surface area contributed by atoms with Crippen molar-refractivity contribution in [1.29, 1.82) is 0 Å². The van der Waals surface area contributed by atoms with Gasteiger partial charge < -0.3 is 0 Å². The third-order valence-corrected chi connectivity index (χ3v) is 5.75. The highest BCUT2D eigenvalue weighted by atomic mass is 32.1.